The zero-order valence-corrected chi connectivity index (χ0v) is 19.6. The molecule has 3 heteroatoms. The first-order chi connectivity index (χ1) is 10.8. The maximum Gasteiger partial charge on any atom is 0.209 e. The fraction of sp³-hybridized carbons (Fsp3) is 0.650. The third-order valence-electron chi connectivity index (χ3n) is 2.62. The van der Waals surface area contributed by atoms with Gasteiger partial charge in [-0.2, -0.15) is 29.8 Å². The number of benzene rings is 1. The molecule has 1 aromatic carbocycles. The summed E-state index contributed by atoms with van der Waals surface area (Å²) in [6.45, 7) is 17.7. The molecule has 133 valence electrons. The summed E-state index contributed by atoms with van der Waals surface area (Å²) in [4.78, 5) is 12.7. The first-order valence-corrected chi connectivity index (χ1v) is 8.93. The Morgan fingerprint density at radius 2 is 1.61 bits per heavy atom. The third-order valence-corrected chi connectivity index (χ3v) is 2.62. The fourth-order valence-corrected chi connectivity index (χ4v) is 1.60. The van der Waals surface area contributed by atoms with Crippen LogP contribution in [0.4, 0.5) is 0 Å². The Bertz CT molecular complexity index is 312. The molecule has 2 nitrogen and oxygen atoms in total. The summed E-state index contributed by atoms with van der Waals surface area (Å²) in [5.74, 6) is 0. The first-order valence-electron chi connectivity index (χ1n) is 8.93. The van der Waals surface area contributed by atoms with Gasteiger partial charge in [0.25, 0.3) is 0 Å². The second-order valence-electron chi connectivity index (χ2n) is 4.16. The van der Waals surface area contributed by atoms with Gasteiger partial charge in [-0.25, -0.2) is 0 Å². The van der Waals surface area contributed by atoms with E-state index in [-0.39, 0.29) is 32.7 Å². The van der Waals surface area contributed by atoms with Gasteiger partial charge in [-0.15, -0.1) is 5.56 Å². The van der Waals surface area contributed by atoms with Crippen molar-refractivity contribution in [3.63, 3.8) is 0 Å². The summed E-state index contributed by atoms with van der Waals surface area (Å²) in [6, 6.07) is 9.21. The standard InChI is InChI=1S/C14H20NO.3C2H6.Y/c1-3-4-5-10-15(12-16)11-14-8-6-13(2)7-9-14;3*1-2;/h6,8-9,12H,3-5,10-11H2,1-2H3;3*1-2H3;/q-1;;;;. The van der Waals surface area contributed by atoms with Crippen molar-refractivity contribution in [3.05, 3.63) is 35.4 Å². The molecule has 0 aliphatic rings. The van der Waals surface area contributed by atoms with E-state index >= 15 is 0 Å². The van der Waals surface area contributed by atoms with E-state index in [0.717, 1.165) is 30.5 Å². The summed E-state index contributed by atoms with van der Waals surface area (Å²) in [5.41, 5.74) is 2.28. The van der Waals surface area contributed by atoms with Gasteiger partial charge in [-0.3, -0.25) is 4.79 Å². The van der Waals surface area contributed by atoms with Gasteiger partial charge in [-0.05, 0) is 6.42 Å². The second kappa shape index (κ2) is 26.7. The summed E-state index contributed by atoms with van der Waals surface area (Å²) in [7, 11) is 0. The molecule has 0 atom stereocenters. The van der Waals surface area contributed by atoms with Crippen LogP contribution in [-0.4, -0.2) is 17.9 Å². The van der Waals surface area contributed by atoms with E-state index in [0.29, 0.717) is 6.54 Å². The molecule has 1 amide bonds. The van der Waals surface area contributed by atoms with Crippen molar-refractivity contribution in [2.75, 3.05) is 6.54 Å². The average Bonchev–Trinajstić information content (AvgIpc) is 2.61. The number of hydrogen-bond acceptors (Lipinski definition) is 1. The Morgan fingerprint density at radius 3 is 2.00 bits per heavy atom. The number of carbonyl (C=O) groups excluding carboxylic acids is 1. The molecule has 0 aromatic heterocycles. The Kier molecular flexibility index (Phi) is 35.6. The minimum absolute atomic E-state index is 0. The van der Waals surface area contributed by atoms with Crippen molar-refractivity contribution in [1.82, 2.24) is 4.90 Å². The van der Waals surface area contributed by atoms with E-state index < -0.39 is 0 Å². The van der Waals surface area contributed by atoms with Crippen molar-refractivity contribution in [3.8, 4) is 0 Å². The average molecular weight is 397 g/mol. The van der Waals surface area contributed by atoms with Crippen LogP contribution >= 0.6 is 0 Å². The van der Waals surface area contributed by atoms with Crippen LogP contribution < -0.4 is 0 Å². The molecule has 0 aliphatic carbocycles. The zero-order valence-electron chi connectivity index (χ0n) is 16.8. The summed E-state index contributed by atoms with van der Waals surface area (Å²) >= 11 is 0. The van der Waals surface area contributed by atoms with E-state index in [1.165, 1.54) is 12.8 Å². The van der Waals surface area contributed by atoms with E-state index in [1.54, 1.807) is 0 Å². The normalized spacial score (nSPS) is 7.83. The van der Waals surface area contributed by atoms with Crippen molar-refractivity contribution in [1.29, 1.82) is 0 Å². The first kappa shape index (κ1) is 30.7. The maximum absolute atomic E-state index is 10.9. The molecule has 0 aliphatic heterocycles. The molecule has 1 aromatic rings. The third kappa shape index (κ3) is 19.7. The Morgan fingerprint density at radius 1 is 1.04 bits per heavy atom. The van der Waals surface area contributed by atoms with Crippen LogP contribution in [0.1, 0.15) is 78.9 Å². The molecule has 0 fully saturated rings. The largest absolute Gasteiger partial charge is 0.352 e. The van der Waals surface area contributed by atoms with Crippen LogP contribution in [0, 0.1) is 13.0 Å². The number of amides is 1. The van der Waals surface area contributed by atoms with Crippen molar-refractivity contribution in [2.24, 2.45) is 0 Å². The Hall–Kier alpha value is -0.206. The summed E-state index contributed by atoms with van der Waals surface area (Å²) < 4.78 is 0. The van der Waals surface area contributed by atoms with Crippen LogP contribution in [0.15, 0.2) is 18.2 Å². The van der Waals surface area contributed by atoms with Gasteiger partial charge >= 0.3 is 0 Å². The van der Waals surface area contributed by atoms with E-state index in [2.05, 4.69) is 19.1 Å². The predicted molar refractivity (Wildman–Crippen MR) is 100 cm³/mol. The molecule has 0 bridgehead atoms. The molecular formula is C20H38NOY-. The van der Waals surface area contributed by atoms with Crippen LogP contribution in [-0.2, 0) is 44.0 Å². The van der Waals surface area contributed by atoms with Crippen LogP contribution in [0.5, 0.6) is 0 Å². The molecule has 0 heterocycles. The SMILES string of the molecule is CC.CC.CC.CCCCCN(C=O)Cc1c[c-]c(C)cc1.[Y]. The van der Waals surface area contributed by atoms with Gasteiger partial charge in [0.2, 0.25) is 6.41 Å². The number of rotatable bonds is 7. The topological polar surface area (TPSA) is 20.3 Å². The molecule has 0 N–H and O–H groups in total. The predicted octanol–water partition coefficient (Wildman–Crippen LogP) is 6.02. The second-order valence-corrected chi connectivity index (χ2v) is 4.16. The molecule has 0 saturated carbocycles. The quantitative estimate of drug-likeness (QED) is 0.313. The molecule has 23 heavy (non-hydrogen) atoms. The molecule has 1 radical (unpaired) electrons. The maximum atomic E-state index is 10.9. The smallest absolute Gasteiger partial charge is 0.209 e. The van der Waals surface area contributed by atoms with Gasteiger partial charge in [0.15, 0.2) is 0 Å². The van der Waals surface area contributed by atoms with Gasteiger partial charge < -0.3 is 4.90 Å². The van der Waals surface area contributed by atoms with Crippen LogP contribution in [0.3, 0.4) is 0 Å². The van der Waals surface area contributed by atoms with Crippen molar-refractivity contribution < 1.29 is 37.5 Å². The minimum Gasteiger partial charge on any atom is -0.352 e. The Labute approximate surface area is 171 Å². The zero-order chi connectivity index (χ0) is 17.8. The number of nitrogens with zero attached hydrogens (tertiary/aromatic N) is 1. The number of hydrogen-bond donors (Lipinski definition) is 0. The number of carbonyl (C=O) groups is 1. The molecule has 0 saturated heterocycles. The summed E-state index contributed by atoms with van der Waals surface area (Å²) in [6.07, 6.45) is 4.40. The number of unbranched alkanes of at least 4 members (excludes halogenated alkanes) is 2. The minimum atomic E-state index is 0. The van der Waals surface area contributed by atoms with Crippen LogP contribution in [0.2, 0.25) is 0 Å². The van der Waals surface area contributed by atoms with E-state index in [4.69, 9.17) is 0 Å². The monoisotopic (exact) mass is 397 g/mol. The molecular weight excluding hydrogens is 359 g/mol. The van der Waals surface area contributed by atoms with Gasteiger partial charge in [-0.1, -0.05) is 68.2 Å². The molecule has 0 unspecified atom stereocenters. The Balaban J connectivity index is -0.000000231. The van der Waals surface area contributed by atoms with Gasteiger partial charge in [0, 0.05) is 45.8 Å². The molecule has 0 spiro atoms. The van der Waals surface area contributed by atoms with Gasteiger partial charge in [0.1, 0.15) is 0 Å². The van der Waals surface area contributed by atoms with Crippen molar-refractivity contribution >= 4 is 6.41 Å². The molecule has 1 rings (SSSR count). The van der Waals surface area contributed by atoms with Crippen LogP contribution in [0.25, 0.3) is 0 Å². The van der Waals surface area contributed by atoms with E-state index in [1.807, 2.05) is 65.5 Å². The fourth-order valence-electron chi connectivity index (χ4n) is 1.60. The van der Waals surface area contributed by atoms with Gasteiger partial charge in [0.05, 0.1) is 0 Å². The van der Waals surface area contributed by atoms with E-state index in [9.17, 15) is 4.79 Å². The number of aryl methyl sites for hydroxylation is 1. The van der Waals surface area contributed by atoms with Crippen molar-refractivity contribution in [2.45, 2.75) is 81.2 Å². The summed E-state index contributed by atoms with van der Waals surface area (Å²) in [5, 5.41) is 0.